The van der Waals surface area contributed by atoms with E-state index in [1.54, 1.807) is 0 Å². The molecule has 0 aliphatic rings. The second-order valence-electron chi connectivity index (χ2n) is 5.11. The number of nitriles is 1. The molecule has 0 saturated carbocycles. The average molecular weight is 263 g/mol. The van der Waals surface area contributed by atoms with Gasteiger partial charge >= 0.3 is 0 Å². The highest BCUT2D eigenvalue weighted by Gasteiger charge is 2.14. The standard InChI is InChI=1S/C14H21NO2Si/c1-18(2,3)17-11-7-10-16-14(12-15)13-8-5-4-6-9-13/h4-6,8-9,14H,7,10-11H2,1-3H3. The van der Waals surface area contributed by atoms with Crippen LogP contribution in [-0.4, -0.2) is 21.5 Å². The summed E-state index contributed by atoms with van der Waals surface area (Å²) in [6.07, 6.45) is 0.355. The van der Waals surface area contributed by atoms with Crippen molar-refractivity contribution in [2.75, 3.05) is 13.2 Å². The second-order valence-corrected chi connectivity index (χ2v) is 9.62. The Balaban J connectivity index is 2.28. The summed E-state index contributed by atoms with van der Waals surface area (Å²) in [4.78, 5) is 0. The fourth-order valence-electron chi connectivity index (χ4n) is 1.47. The summed E-state index contributed by atoms with van der Waals surface area (Å²) in [7, 11) is -1.43. The minimum absolute atomic E-state index is 0.474. The molecule has 3 nitrogen and oxygen atoms in total. The molecule has 0 aliphatic heterocycles. The van der Waals surface area contributed by atoms with Crippen LogP contribution < -0.4 is 0 Å². The lowest BCUT2D eigenvalue weighted by Crippen LogP contribution is -2.26. The first-order chi connectivity index (χ1) is 8.53. The molecule has 0 N–H and O–H groups in total. The molecule has 1 aromatic carbocycles. The van der Waals surface area contributed by atoms with E-state index >= 15 is 0 Å². The number of ether oxygens (including phenoxy) is 1. The first-order valence-corrected chi connectivity index (χ1v) is 9.64. The van der Waals surface area contributed by atoms with E-state index in [2.05, 4.69) is 25.7 Å². The summed E-state index contributed by atoms with van der Waals surface area (Å²) in [5.74, 6) is 0. The fourth-order valence-corrected chi connectivity index (χ4v) is 2.23. The molecule has 1 aromatic rings. The summed E-state index contributed by atoms with van der Waals surface area (Å²) in [5, 5.41) is 9.07. The molecule has 4 heteroatoms. The third-order valence-corrected chi connectivity index (χ3v) is 3.40. The predicted molar refractivity (Wildman–Crippen MR) is 74.7 cm³/mol. The molecule has 0 radical (unpaired) electrons. The molecule has 0 aliphatic carbocycles. The molecule has 0 amide bonds. The van der Waals surface area contributed by atoms with Gasteiger partial charge in [0.2, 0.25) is 0 Å². The Kier molecular flexibility index (Phi) is 6.06. The van der Waals surface area contributed by atoms with Crippen molar-refractivity contribution in [3.63, 3.8) is 0 Å². The van der Waals surface area contributed by atoms with E-state index in [1.165, 1.54) is 0 Å². The third-order valence-electron chi connectivity index (χ3n) is 2.33. The van der Waals surface area contributed by atoms with Crippen molar-refractivity contribution in [1.82, 2.24) is 0 Å². The molecule has 1 atom stereocenters. The van der Waals surface area contributed by atoms with Gasteiger partial charge in [-0.1, -0.05) is 30.3 Å². The summed E-state index contributed by atoms with van der Waals surface area (Å²) in [6.45, 7) is 7.75. The highest BCUT2D eigenvalue weighted by Crippen LogP contribution is 2.16. The summed E-state index contributed by atoms with van der Waals surface area (Å²) in [5.41, 5.74) is 0.908. The molecule has 0 fully saturated rings. The van der Waals surface area contributed by atoms with Gasteiger partial charge in [0.25, 0.3) is 0 Å². The van der Waals surface area contributed by atoms with Crippen LogP contribution in [0.25, 0.3) is 0 Å². The molecule has 0 spiro atoms. The molecule has 1 unspecified atom stereocenters. The van der Waals surface area contributed by atoms with E-state index in [4.69, 9.17) is 14.4 Å². The minimum Gasteiger partial charge on any atom is -0.418 e. The molecule has 98 valence electrons. The molecule has 0 bridgehead atoms. The van der Waals surface area contributed by atoms with Crippen LogP contribution in [0.4, 0.5) is 0 Å². The van der Waals surface area contributed by atoms with E-state index in [0.29, 0.717) is 13.2 Å². The van der Waals surface area contributed by atoms with Crippen LogP contribution in [0.15, 0.2) is 30.3 Å². The van der Waals surface area contributed by atoms with Gasteiger partial charge in [-0.25, -0.2) is 0 Å². The zero-order valence-corrected chi connectivity index (χ0v) is 12.3. The Morgan fingerprint density at radius 3 is 2.39 bits per heavy atom. The van der Waals surface area contributed by atoms with Gasteiger partial charge in [0.05, 0.1) is 12.7 Å². The van der Waals surface area contributed by atoms with Crippen molar-refractivity contribution in [3.8, 4) is 6.07 Å². The van der Waals surface area contributed by atoms with Gasteiger partial charge in [-0.15, -0.1) is 0 Å². The predicted octanol–water partition coefficient (Wildman–Crippen LogP) is 3.51. The van der Waals surface area contributed by atoms with Gasteiger partial charge in [-0.3, -0.25) is 0 Å². The van der Waals surface area contributed by atoms with E-state index in [0.717, 1.165) is 12.0 Å². The quantitative estimate of drug-likeness (QED) is 0.558. The second kappa shape index (κ2) is 7.32. The van der Waals surface area contributed by atoms with Gasteiger partial charge in [0, 0.05) is 6.61 Å². The van der Waals surface area contributed by atoms with Crippen LogP contribution in [0.2, 0.25) is 19.6 Å². The molecule has 1 rings (SSSR count). The van der Waals surface area contributed by atoms with Crippen LogP contribution in [-0.2, 0) is 9.16 Å². The normalized spacial score (nSPS) is 13.0. The average Bonchev–Trinajstić information content (AvgIpc) is 2.33. The SMILES string of the molecule is C[Si](C)(C)OCCCOC(C#N)c1ccccc1. The smallest absolute Gasteiger partial charge is 0.183 e. The van der Waals surface area contributed by atoms with Crippen molar-refractivity contribution < 1.29 is 9.16 Å². The number of nitrogens with zero attached hydrogens (tertiary/aromatic N) is 1. The monoisotopic (exact) mass is 263 g/mol. The number of hydrogen-bond acceptors (Lipinski definition) is 3. The van der Waals surface area contributed by atoms with Crippen LogP contribution >= 0.6 is 0 Å². The van der Waals surface area contributed by atoms with Crippen LogP contribution in [0.5, 0.6) is 0 Å². The molecular weight excluding hydrogens is 242 g/mol. The zero-order chi connectivity index (χ0) is 13.4. The van der Waals surface area contributed by atoms with Crippen LogP contribution in [0.1, 0.15) is 18.1 Å². The number of hydrogen-bond donors (Lipinski definition) is 0. The molecule has 18 heavy (non-hydrogen) atoms. The largest absolute Gasteiger partial charge is 0.418 e. The van der Waals surface area contributed by atoms with Gasteiger partial charge in [0.1, 0.15) is 0 Å². The summed E-state index contributed by atoms with van der Waals surface area (Å²) in [6, 6.07) is 11.7. The van der Waals surface area contributed by atoms with Crippen molar-refractivity contribution in [3.05, 3.63) is 35.9 Å². The molecule has 0 saturated heterocycles. The maximum atomic E-state index is 9.07. The van der Waals surface area contributed by atoms with Crippen molar-refractivity contribution >= 4 is 8.32 Å². The van der Waals surface area contributed by atoms with E-state index in [9.17, 15) is 0 Å². The maximum Gasteiger partial charge on any atom is 0.183 e. The fraction of sp³-hybridized carbons (Fsp3) is 0.500. The highest BCUT2D eigenvalue weighted by atomic mass is 28.4. The lowest BCUT2D eigenvalue weighted by atomic mass is 10.1. The third kappa shape index (κ3) is 5.96. The van der Waals surface area contributed by atoms with Crippen LogP contribution in [0.3, 0.4) is 0 Å². The first kappa shape index (κ1) is 14.9. The zero-order valence-electron chi connectivity index (χ0n) is 11.3. The highest BCUT2D eigenvalue weighted by molar-refractivity contribution is 6.69. The van der Waals surface area contributed by atoms with Crippen LogP contribution in [0, 0.1) is 11.3 Å². The van der Waals surface area contributed by atoms with Crippen molar-refractivity contribution in [2.45, 2.75) is 32.2 Å². The van der Waals surface area contributed by atoms with Crippen molar-refractivity contribution in [2.24, 2.45) is 0 Å². The Bertz CT molecular complexity index is 381. The minimum atomic E-state index is -1.43. The Labute approximate surface area is 110 Å². The van der Waals surface area contributed by atoms with Gasteiger partial charge in [0.15, 0.2) is 14.4 Å². The number of rotatable bonds is 7. The first-order valence-electron chi connectivity index (χ1n) is 6.23. The summed E-state index contributed by atoms with van der Waals surface area (Å²) >= 11 is 0. The van der Waals surface area contributed by atoms with E-state index < -0.39 is 14.4 Å². The molecule has 0 aromatic heterocycles. The Hall–Kier alpha value is -1.15. The Morgan fingerprint density at radius 2 is 1.83 bits per heavy atom. The molecule has 0 heterocycles. The van der Waals surface area contributed by atoms with E-state index in [-0.39, 0.29) is 0 Å². The van der Waals surface area contributed by atoms with Gasteiger partial charge in [-0.2, -0.15) is 5.26 Å². The maximum absolute atomic E-state index is 9.07. The van der Waals surface area contributed by atoms with Crippen molar-refractivity contribution in [1.29, 1.82) is 5.26 Å². The lowest BCUT2D eigenvalue weighted by molar-refractivity contribution is 0.0790. The lowest BCUT2D eigenvalue weighted by Gasteiger charge is -2.17. The number of benzene rings is 1. The van der Waals surface area contributed by atoms with Gasteiger partial charge < -0.3 is 9.16 Å². The van der Waals surface area contributed by atoms with Gasteiger partial charge in [-0.05, 0) is 31.6 Å². The molecular formula is C14H21NO2Si. The topological polar surface area (TPSA) is 42.2 Å². The van der Waals surface area contributed by atoms with E-state index in [1.807, 2.05) is 30.3 Å². The summed E-state index contributed by atoms with van der Waals surface area (Å²) < 4.78 is 11.3. The Morgan fingerprint density at radius 1 is 1.17 bits per heavy atom.